The van der Waals surface area contributed by atoms with Crippen LogP contribution in [-0.4, -0.2) is 22.5 Å². The van der Waals surface area contributed by atoms with Crippen molar-refractivity contribution in [2.75, 3.05) is 12.8 Å². The summed E-state index contributed by atoms with van der Waals surface area (Å²) in [4.78, 5) is 15.5. The first-order chi connectivity index (χ1) is 7.15. The van der Waals surface area contributed by atoms with Gasteiger partial charge in [0.25, 0.3) is 0 Å². The molecule has 2 heterocycles. The topological polar surface area (TPSA) is 69.6 Å². The van der Waals surface area contributed by atoms with Crippen molar-refractivity contribution in [2.24, 2.45) is 0 Å². The van der Waals surface area contributed by atoms with Gasteiger partial charge in [0.1, 0.15) is 5.82 Å². The number of ether oxygens (including phenoxy) is 1. The van der Waals surface area contributed by atoms with Crippen LogP contribution in [0.4, 0.5) is 5.82 Å². The fourth-order valence-electron chi connectivity index (χ4n) is 1.34. The highest BCUT2D eigenvalue weighted by Crippen LogP contribution is 2.18. The molecule has 2 N–H and O–H groups in total. The van der Waals surface area contributed by atoms with E-state index in [1.165, 1.54) is 13.3 Å². The van der Waals surface area contributed by atoms with Crippen LogP contribution < -0.4 is 5.73 Å². The number of nitrogen functional groups attached to an aromatic ring is 1. The standard InChI is InChI=1S/C9H8IN3O2/c1-15-9(14)6-4-12-8-5(10)2-3-7(11)13(6)8/h2-4H,11H2,1H3. The zero-order valence-corrected chi connectivity index (χ0v) is 10.1. The Kier molecular flexibility index (Phi) is 2.51. The molecule has 0 atom stereocenters. The van der Waals surface area contributed by atoms with Gasteiger partial charge in [-0.25, -0.2) is 9.78 Å². The first-order valence-electron chi connectivity index (χ1n) is 4.15. The van der Waals surface area contributed by atoms with Gasteiger partial charge in [-0.2, -0.15) is 0 Å². The molecule has 2 aromatic heterocycles. The molecule has 0 bridgehead atoms. The number of methoxy groups -OCH3 is 1. The molecule has 5 nitrogen and oxygen atoms in total. The van der Waals surface area contributed by atoms with E-state index in [2.05, 4.69) is 32.3 Å². The largest absolute Gasteiger partial charge is 0.464 e. The highest BCUT2D eigenvalue weighted by atomic mass is 127. The molecule has 15 heavy (non-hydrogen) atoms. The van der Waals surface area contributed by atoms with E-state index in [9.17, 15) is 4.79 Å². The molecule has 78 valence electrons. The molecular weight excluding hydrogens is 309 g/mol. The maximum atomic E-state index is 11.4. The highest BCUT2D eigenvalue weighted by Gasteiger charge is 2.15. The van der Waals surface area contributed by atoms with E-state index in [-0.39, 0.29) is 0 Å². The first-order valence-corrected chi connectivity index (χ1v) is 5.22. The van der Waals surface area contributed by atoms with Crippen LogP contribution in [0.5, 0.6) is 0 Å². The number of fused-ring (bicyclic) bond motifs is 1. The van der Waals surface area contributed by atoms with Crippen LogP contribution in [-0.2, 0) is 4.74 Å². The number of hydrogen-bond donors (Lipinski definition) is 1. The number of hydrogen-bond acceptors (Lipinski definition) is 4. The van der Waals surface area contributed by atoms with Crippen molar-refractivity contribution in [2.45, 2.75) is 0 Å². The Morgan fingerprint density at radius 1 is 1.60 bits per heavy atom. The predicted molar refractivity (Wildman–Crippen MR) is 63.7 cm³/mol. The summed E-state index contributed by atoms with van der Waals surface area (Å²) in [6.07, 6.45) is 1.46. The molecule has 0 aliphatic rings. The summed E-state index contributed by atoms with van der Waals surface area (Å²) < 4.78 is 7.14. The third-order valence-electron chi connectivity index (χ3n) is 2.03. The summed E-state index contributed by atoms with van der Waals surface area (Å²) >= 11 is 2.13. The zero-order valence-electron chi connectivity index (χ0n) is 7.90. The number of nitrogens with two attached hydrogens (primary N) is 1. The lowest BCUT2D eigenvalue weighted by atomic mass is 10.4. The smallest absolute Gasteiger partial charge is 0.356 e. The minimum Gasteiger partial charge on any atom is -0.464 e. The Morgan fingerprint density at radius 3 is 3.00 bits per heavy atom. The number of halogens is 1. The second-order valence-corrected chi connectivity index (χ2v) is 4.06. The van der Waals surface area contributed by atoms with Crippen molar-refractivity contribution >= 4 is 40.0 Å². The van der Waals surface area contributed by atoms with Crippen molar-refractivity contribution in [1.29, 1.82) is 0 Å². The van der Waals surface area contributed by atoms with Gasteiger partial charge in [0.2, 0.25) is 0 Å². The molecule has 0 aliphatic carbocycles. The molecule has 0 fully saturated rings. The van der Waals surface area contributed by atoms with Crippen molar-refractivity contribution in [1.82, 2.24) is 9.38 Å². The highest BCUT2D eigenvalue weighted by molar-refractivity contribution is 14.1. The maximum Gasteiger partial charge on any atom is 0.356 e. The van der Waals surface area contributed by atoms with Gasteiger partial charge in [-0.1, -0.05) is 0 Å². The summed E-state index contributed by atoms with van der Waals surface area (Å²) in [5.74, 6) is 0.0134. The second kappa shape index (κ2) is 3.69. The quantitative estimate of drug-likeness (QED) is 0.636. The number of aromatic nitrogens is 2. The zero-order chi connectivity index (χ0) is 11.0. The third kappa shape index (κ3) is 1.54. The van der Waals surface area contributed by atoms with Crippen molar-refractivity contribution in [3.05, 3.63) is 27.6 Å². The molecule has 0 saturated carbocycles. The van der Waals surface area contributed by atoms with E-state index in [4.69, 9.17) is 5.73 Å². The van der Waals surface area contributed by atoms with Crippen LogP contribution >= 0.6 is 22.6 Å². The van der Waals surface area contributed by atoms with Crippen LogP contribution in [0, 0.1) is 3.57 Å². The van der Waals surface area contributed by atoms with Crippen LogP contribution in [0.1, 0.15) is 10.5 Å². The number of pyridine rings is 1. The van der Waals surface area contributed by atoms with E-state index in [1.807, 2.05) is 6.07 Å². The molecule has 0 spiro atoms. The summed E-state index contributed by atoms with van der Waals surface area (Å²) in [6, 6.07) is 3.57. The van der Waals surface area contributed by atoms with Crippen LogP contribution in [0.3, 0.4) is 0 Å². The van der Waals surface area contributed by atoms with Crippen LogP contribution in [0.25, 0.3) is 5.65 Å². The molecule has 0 aliphatic heterocycles. The Hall–Kier alpha value is -1.31. The fraction of sp³-hybridized carbons (Fsp3) is 0.111. The molecule has 0 unspecified atom stereocenters. The average molecular weight is 317 g/mol. The second-order valence-electron chi connectivity index (χ2n) is 2.90. The fourth-order valence-corrected chi connectivity index (χ4v) is 1.90. The monoisotopic (exact) mass is 317 g/mol. The van der Waals surface area contributed by atoms with Crippen LogP contribution in [0.2, 0.25) is 0 Å². The van der Waals surface area contributed by atoms with Crippen LogP contribution in [0.15, 0.2) is 18.3 Å². The lowest BCUT2D eigenvalue weighted by Gasteiger charge is -2.04. The average Bonchev–Trinajstić information content (AvgIpc) is 2.68. The van der Waals surface area contributed by atoms with Crippen molar-refractivity contribution in [3.8, 4) is 0 Å². The van der Waals surface area contributed by atoms with Gasteiger partial charge in [-0.3, -0.25) is 4.40 Å². The lowest BCUT2D eigenvalue weighted by molar-refractivity contribution is 0.0593. The molecule has 0 amide bonds. The number of carbonyl (C=O) groups excluding carboxylic acids is 1. The lowest BCUT2D eigenvalue weighted by Crippen LogP contribution is -2.08. The Bertz CT molecular complexity index is 535. The molecule has 6 heteroatoms. The molecule has 2 rings (SSSR count). The van der Waals surface area contributed by atoms with Crippen molar-refractivity contribution in [3.63, 3.8) is 0 Å². The van der Waals surface area contributed by atoms with E-state index < -0.39 is 5.97 Å². The van der Waals surface area contributed by atoms with Gasteiger partial charge >= 0.3 is 5.97 Å². The number of imidazole rings is 1. The molecule has 0 radical (unpaired) electrons. The van der Waals surface area contributed by atoms with Gasteiger partial charge in [0, 0.05) is 0 Å². The summed E-state index contributed by atoms with van der Waals surface area (Å²) in [5.41, 5.74) is 6.77. The third-order valence-corrected chi connectivity index (χ3v) is 2.87. The minimum atomic E-state index is -0.448. The minimum absolute atomic E-state index is 0.337. The normalized spacial score (nSPS) is 10.5. The summed E-state index contributed by atoms with van der Waals surface area (Å²) in [5, 5.41) is 0. The number of nitrogens with zero attached hydrogens (tertiary/aromatic N) is 2. The number of anilines is 1. The summed E-state index contributed by atoms with van der Waals surface area (Å²) in [7, 11) is 1.33. The molecular formula is C9H8IN3O2. The Morgan fingerprint density at radius 2 is 2.33 bits per heavy atom. The first kappa shape index (κ1) is 10.2. The van der Waals surface area contributed by atoms with E-state index in [1.54, 1.807) is 10.5 Å². The molecule has 2 aromatic rings. The number of esters is 1. The molecule has 0 saturated heterocycles. The van der Waals surface area contributed by atoms with Gasteiger partial charge in [0.05, 0.1) is 16.9 Å². The van der Waals surface area contributed by atoms with Gasteiger partial charge < -0.3 is 10.5 Å². The van der Waals surface area contributed by atoms with Gasteiger partial charge in [-0.05, 0) is 34.7 Å². The number of carbonyl (C=O) groups is 1. The number of rotatable bonds is 1. The van der Waals surface area contributed by atoms with Crippen molar-refractivity contribution < 1.29 is 9.53 Å². The molecule has 0 aromatic carbocycles. The van der Waals surface area contributed by atoms with Gasteiger partial charge in [-0.15, -0.1) is 0 Å². The van der Waals surface area contributed by atoms with E-state index in [0.717, 1.165) is 3.57 Å². The Labute approximate surface area is 99.4 Å². The van der Waals surface area contributed by atoms with Gasteiger partial charge in [0.15, 0.2) is 11.3 Å². The van der Waals surface area contributed by atoms with E-state index in [0.29, 0.717) is 17.2 Å². The van der Waals surface area contributed by atoms with E-state index >= 15 is 0 Å². The summed E-state index contributed by atoms with van der Waals surface area (Å²) in [6.45, 7) is 0. The predicted octanol–water partition coefficient (Wildman–Crippen LogP) is 1.31. The SMILES string of the molecule is COC(=O)c1cnc2c(I)ccc(N)n12. The Balaban J connectivity index is 2.79. The maximum absolute atomic E-state index is 11.4.